The van der Waals surface area contributed by atoms with Gasteiger partial charge in [-0.15, -0.1) is 0 Å². The van der Waals surface area contributed by atoms with Crippen molar-refractivity contribution in [3.63, 3.8) is 0 Å². The Morgan fingerprint density at radius 1 is 1.39 bits per heavy atom. The minimum Gasteiger partial charge on any atom is -0.497 e. The SMILES string of the molecule is COc1cccc(Cc2ncc(CCCN)o2)c1. The van der Waals surface area contributed by atoms with Crippen molar-refractivity contribution in [2.45, 2.75) is 19.3 Å². The van der Waals surface area contributed by atoms with Crippen molar-refractivity contribution in [1.82, 2.24) is 4.98 Å². The van der Waals surface area contributed by atoms with Crippen molar-refractivity contribution in [2.75, 3.05) is 13.7 Å². The molecule has 2 aromatic rings. The lowest BCUT2D eigenvalue weighted by atomic mass is 10.1. The first-order valence-electron chi connectivity index (χ1n) is 6.08. The van der Waals surface area contributed by atoms with Gasteiger partial charge in [0.1, 0.15) is 11.5 Å². The van der Waals surface area contributed by atoms with Crippen LogP contribution in [0.4, 0.5) is 0 Å². The van der Waals surface area contributed by atoms with Crippen LogP contribution < -0.4 is 10.5 Å². The summed E-state index contributed by atoms with van der Waals surface area (Å²) < 4.78 is 10.8. The molecule has 0 atom stereocenters. The van der Waals surface area contributed by atoms with E-state index in [2.05, 4.69) is 4.98 Å². The van der Waals surface area contributed by atoms with Gasteiger partial charge >= 0.3 is 0 Å². The summed E-state index contributed by atoms with van der Waals surface area (Å²) in [6, 6.07) is 7.91. The van der Waals surface area contributed by atoms with Crippen LogP contribution in [0.3, 0.4) is 0 Å². The van der Waals surface area contributed by atoms with Crippen molar-refractivity contribution >= 4 is 0 Å². The summed E-state index contributed by atoms with van der Waals surface area (Å²) in [6.07, 6.45) is 4.24. The van der Waals surface area contributed by atoms with Gasteiger partial charge in [0.2, 0.25) is 0 Å². The number of nitrogens with two attached hydrogens (primary N) is 1. The number of ether oxygens (including phenoxy) is 1. The molecule has 2 rings (SSSR count). The molecular weight excluding hydrogens is 228 g/mol. The molecule has 0 aliphatic carbocycles. The largest absolute Gasteiger partial charge is 0.497 e. The molecule has 0 aliphatic heterocycles. The number of hydrogen-bond donors (Lipinski definition) is 1. The van der Waals surface area contributed by atoms with Gasteiger partial charge in [-0.05, 0) is 30.7 Å². The van der Waals surface area contributed by atoms with E-state index < -0.39 is 0 Å². The summed E-state index contributed by atoms with van der Waals surface area (Å²) in [7, 11) is 1.66. The molecule has 0 saturated heterocycles. The van der Waals surface area contributed by atoms with Crippen LogP contribution in [0.5, 0.6) is 5.75 Å². The zero-order valence-corrected chi connectivity index (χ0v) is 10.6. The maximum Gasteiger partial charge on any atom is 0.198 e. The fourth-order valence-electron chi connectivity index (χ4n) is 1.78. The van der Waals surface area contributed by atoms with E-state index in [-0.39, 0.29) is 0 Å². The summed E-state index contributed by atoms with van der Waals surface area (Å²) in [5.41, 5.74) is 6.59. The van der Waals surface area contributed by atoms with Gasteiger partial charge in [-0.3, -0.25) is 0 Å². The van der Waals surface area contributed by atoms with Crippen molar-refractivity contribution in [2.24, 2.45) is 5.73 Å². The third-order valence-electron chi connectivity index (χ3n) is 2.72. The lowest BCUT2D eigenvalue weighted by Gasteiger charge is -2.02. The van der Waals surface area contributed by atoms with E-state index in [1.165, 1.54) is 0 Å². The molecule has 0 amide bonds. The topological polar surface area (TPSA) is 61.3 Å². The molecule has 0 bridgehead atoms. The number of benzene rings is 1. The molecule has 0 unspecified atom stereocenters. The molecule has 18 heavy (non-hydrogen) atoms. The van der Waals surface area contributed by atoms with Crippen LogP contribution in [0.1, 0.15) is 23.6 Å². The predicted molar refractivity (Wildman–Crippen MR) is 69.7 cm³/mol. The second-order valence-electron chi connectivity index (χ2n) is 4.14. The Morgan fingerprint density at radius 2 is 2.28 bits per heavy atom. The normalized spacial score (nSPS) is 10.6. The van der Waals surface area contributed by atoms with E-state index >= 15 is 0 Å². The van der Waals surface area contributed by atoms with E-state index in [0.717, 1.165) is 35.8 Å². The van der Waals surface area contributed by atoms with Crippen LogP contribution >= 0.6 is 0 Å². The average Bonchev–Trinajstić information content (AvgIpc) is 2.84. The number of aromatic nitrogens is 1. The molecule has 0 aliphatic rings. The van der Waals surface area contributed by atoms with Gasteiger partial charge in [0.05, 0.1) is 13.3 Å². The molecule has 1 heterocycles. The molecule has 4 nitrogen and oxygen atoms in total. The highest BCUT2D eigenvalue weighted by Crippen LogP contribution is 2.16. The summed E-state index contributed by atoms with van der Waals surface area (Å²) in [5.74, 6) is 2.48. The Balaban J connectivity index is 2.01. The minimum absolute atomic E-state index is 0.673. The van der Waals surface area contributed by atoms with Gasteiger partial charge in [-0.1, -0.05) is 12.1 Å². The number of rotatable bonds is 6. The Hall–Kier alpha value is -1.81. The number of aryl methyl sites for hydroxylation is 1. The maximum absolute atomic E-state index is 5.66. The standard InChI is InChI=1S/C14H18N2O2/c1-17-12-5-2-4-11(8-12)9-14-16-10-13(18-14)6-3-7-15/h2,4-5,8,10H,3,6-7,9,15H2,1H3. The number of oxazole rings is 1. The molecule has 0 radical (unpaired) electrons. The average molecular weight is 246 g/mol. The van der Waals surface area contributed by atoms with Crippen LogP contribution in [0.25, 0.3) is 0 Å². The minimum atomic E-state index is 0.673. The highest BCUT2D eigenvalue weighted by Gasteiger charge is 2.05. The second-order valence-corrected chi connectivity index (χ2v) is 4.14. The zero-order chi connectivity index (χ0) is 12.8. The lowest BCUT2D eigenvalue weighted by molar-refractivity contribution is 0.414. The van der Waals surface area contributed by atoms with Gasteiger partial charge in [0.15, 0.2) is 5.89 Å². The number of methoxy groups -OCH3 is 1. The highest BCUT2D eigenvalue weighted by molar-refractivity contribution is 5.29. The Labute approximate surface area is 107 Å². The third-order valence-corrected chi connectivity index (χ3v) is 2.72. The maximum atomic E-state index is 5.66. The first-order valence-corrected chi connectivity index (χ1v) is 6.08. The quantitative estimate of drug-likeness (QED) is 0.848. The monoisotopic (exact) mass is 246 g/mol. The van der Waals surface area contributed by atoms with Gasteiger partial charge < -0.3 is 14.9 Å². The molecule has 0 spiro atoms. The van der Waals surface area contributed by atoms with E-state index in [1.54, 1.807) is 13.3 Å². The fourth-order valence-corrected chi connectivity index (χ4v) is 1.78. The van der Waals surface area contributed by atoms with Crippen molar-refractivity contribution < 1.29 is 9.15 Å². The molecule has 1 aromatic carbocycles. The Bertz CT molecular complexity index is 494. The van der Waals surface area contributed by atoms with E-state index in [1.807, 2.05) is 24.3 Å². The van der Waals surface area contributed by atoms with Gasteiger partial charge in [0.25, 0.3) is 0 Å². The first kappa shape index (κ1) is 12.6. The Kier molecular flexibility index (Phi) is 4.36. The van der Waals surface area contributed by atoms with Crippen LogP contribution in [-0.4, -0.2) is 18.6 Å². The fraction of sp³-hybridized carbons (Fsp3) is 0.357. The van der Waals surface area contributed by atoms with Crippen LogP contribution in [0, 0.1) is 0 Å². The van der Waals surface area contributed by atoms with Crippen LogP contribution in [0.2, 0.25) is 0 Å². The first-order chi connectivity index (χ1) is 8.81. The van der Waals surface area contributed by atoms with Gasteiger partial charge in [-0.2, -0.15) is 0 Å². The summed E-state index contributed by atoms with van der Waals surface area (Å²) >= 11 is 0. The molecule has 4 heteroatoms. The van der Waals surface area contributed by atoms with Crippen LogP contribution in [0.15, 0.2) is 34.9 Å². The molecule has 1 aromatic heterocycles. The van der Waals surface area contributed by atoms with E-state index in [4.69, 9.17) is 14.9 Å². The van der Waals surface area contributed by atoms with Crippen molar-refractivity contribution in [3.8, 4) is 5.75 Å². The number of nitrogens with zero attached hydrogens (tertiary/aromatic N) is 1. The molecule has 0 fully saturated rings. The summed E-state index contributed by atoms with van der Waals surface area (Å²) in [5, 5.41) is 0. The second kappa shape index (κ2) is 6.21. The molecular formula is C14H18N2O2. The summed E-state index contributed by atoms with van der Waals surface area (Å²) in [6.45, 7) is 0.673. The van der Waals surface area contributed by atoms with E-state index in [9.17, 15) is 0 Å². The third kappa shape index (κ3) is 3.34. The zero-order valence-electron chi connectivity index (χ0n) is 10.6. The van der Waals surface area contributed by atoms with Crippen molar-refractivity contribution in [3.05, 3.63) is 47.7 Å². The highest BCUT2D eigenvalue weighted by atomic mass is 16.5. The molecule has 96 valence electrons. The van der Waals surface area contributed by atoms with Crippen molar-refractivity contribution in [1.29, 1.82) is 0 Å². The van der Waals surface area contributed by atoms with Gasteiger partial charge in [0, 0.05) is 12.8 Å². The van der Waals surface area contributed by atoms with Crippen LogP contribution in [-0.2, 0) is 12.8 Å². The molecule has 0 saturated carbocycles. The Morgan fingerprint density at radius 3 is 3.06 bits per heavy atom. The lowest BCUT2D eigenvalue weighted by Crippen LogP contribution is -1.99. The number of hydrogen-bond acceptors (Lipinski definition) is 4. The summed E-state index contributed by atoms with van der Waals surface area (Å²) in [4.78, 5) is 4.27. The van der Waals surface area contributed by atoms with E-state index in [0.29, 0.717) is 13.0 Å². The predicted octanol–water partition coefficient (Wildman–Crippen LogP) is 2.17. The smallest absolute Gasteiger partial charge is 0.198 e. The van der Waals surface area contributed by atoms with Gasteiger partial charge in [-0.25, -0.2) is 4.98 Å². The molecule has 2 N–H and O–H groups in total.